The first-order valence-corrected chi connectivity index (χ1v) is 8.00. The third kappa shape index (κ3) is 4.28. The predicted octanol–water partition coefficient (Wildman–Crippen LogP) is 2.88. The highest BCUT2D eigenvalue weighted by Crippen LogP contribution is 2.30. The molecular weight excluding hydrogens is 238 g/mol. The second-order valence-electron chi connectivity index (χ2n) is 6.33. The molecule has 2 aliphatic rings. The van der Waals surface area contributed by atoms with Crippen LogP contribution in [0.25, 0.3) is 0 Å². The molecule has 2 unspecified atom stereocenters. The van der Waals surface area contributed by atoms with Gasteiger partial charge in [-0.15, -0.1) is 0 Å². The maximum atomic E-state index is 12.1. The van der Waals surface area contributed by atoms with Crippen molar-refractivity contribution in [2.45, 2.75) is 58.0 Å². The van der Waals surface area contributed by atoms with E-state index in [1.807, 2.05) is 0 Å². The molecule has 2 rings (SSSR count). The zero-order valence-electron chi connectivity index (χ0n) is 12.6. The molecule has 1 saturated heterocycles. The molecule has 0 aromatic heterocycles. The van der Waals surface area contributed by atoms with Crippen molar-refractivity contribution in [1.29, 1.82) is 0 Å². The maximum Gasteiger partial charge on any atom is 0.137 e. The Hall–Kier alpha value is -0.410. The lowest BCUT2D eigenvalue weighted by Crippen LogP contribution is -2.42. The Labute approximate surface area is 117 Å². The van der Waals surface area contributed by atoms with E-state index in [0.717, 1.165) is 57.7 Å². The monoisotopic (exact) mass is 267 g/mol. The fraction of sp³-hybridized carbons (Fsp3) is 0.938. The van der Waals surface area contributed by atoms with E-state index in [0.29, 0.717) is 17.8 Å². The Bertz CT molecular complexity index is 284. The highest BCUT2D eigenvalue weighted by atomic mass is 16.5. The summed E-state index contributed by atoms with van der Waals surface area (Å²) in [4.78, 5) is 14.6. The van der Waals surface area contributed by atoms with Crippen molar-refractivity contribution in [3.05, 3.63) is 0 Å². The van der Waals surface area contributed by atoms with Gasteiger partial charge in [-0.3, -0.25) is 4.79 Å². The summed E-state index contributed by atoms with van der Waals surface area (Å²) in [5, 5.41) is 0. The smallest absolute Gasteiger partial charge is 0.137 e. The summed E-state index contributed by atoms with van der Waals surface area (Å²) in [5.41, 5.74) is 0. The Morgan fingerprint density at radius 1 is 1.26 bits per heavy atom. The number of Topliss-reactive ketones (excluding diaryl/α,β-unsaturated/α-hetero) is 1. The standard InChI is InChI=1S/C16H29NO2/c1-3-4-13-5-6-16(18)14(11-13)12-17-9-7-15(19-2)8-10-17/h13-15H,3-12H2,1-2H3. The Morgan fingerprint density at radius 3 is 2.63 bits per heavy atom. The van der Waals surface area contributed by atoms with Crippen LogP contribution >= 0.6 is 0 Å². The van der Waals surface area contributed by atoms with Crippen LogP contribution in [0, 0.1) is 11.8 Å². The number of likely N-dealkylation sites (tertiary alicyclic amines) is 1. The quantitative estimate of drug-likeness (QED) is 0.767. The zero-order valence-corrected chi connectivity index (χ0v) is 12.6. The number of methoxy groups -OCH3 is 1. The highest BCUT2D eigenvalue weighted by Gasteiger charge is 2.30. The topological polar surface area (TPSA) is 29.5 Å². The molecule has 0 aromatic carbocycles. The summed E-state index contributed by atoms with van der Waals surface area (Å²) in [7, 11) is 1.81. The molecule has 1 saturated carbocycles. The number of carbonyl (C=O) groups is 1. The first-order valence-electron chi connectivity index (χ1n) is 8.00. The lowest BCUT2D eigenvalue weighted by atomic mass is 9.78. The predicted molar refractivity (Wildman–Crippen MR) is 77.2 cm³/mol. The summed E-state index contributed by atoms with van der Waals surface area (Å²) in [6, 6.07) is 0. The van der Waals surface area contributed by atoms with Gasteiger partial charge < -0.3 is 9.64 Å². The highest BCUT2D eigenvalue weighted by molar-refractivity contribution is 5.81. The van der Waals surface area contributed by atoms with Crippen LogP contribution in [0.3, 0.4) is 0 Å². The van der Waals surface area contributed by atoms with Gasteiger partial charge in [0, 0.05) is 39.1 Å². The molecule has 110 valence electrons. The summed E-state index contributed by atoms with van der Waals surface area (Å²) in [6.07, 6.45) is 8.33. The van der Waals surface area contributed by atoms with Gasteiger partial charge in [-0.05, 0) is 31.6 Å². The number of rotatable bonds is 5. The van der Waals surface area contributed by atoms with E-state index >= 15 is 0 Å². The van der Waals surface area contributed by atoms with Gasteiger partial charge in [-0.1, -0.05) is 19.8 Å². The minimum Gasteiger partial charge on any atom is -0.381 e. The van der Waals surface area contributed by atoms with E-state index in [-0.39, 0.29) is 0 Å². The van der Waals surface area contributed by atoms with Gasteiger partial charge in [0.2, 0.25) is 0 Å². The molecule has 0 amide bonds. The van der Waals surface area contributed by atoms with Crippen LogP contribution in [0.2, 0.25) is 0 Å². The SMILES string of the molecule is CCCC1CCC(=O)C(CN2CCC(OC)CC2)C1. The van der Waals surface area contributed by atoms with Crippen LogP contribution in [0.4, 0.5) is 0 Å². The average molecular weight is 267 g/mol. The minimum atomic E-state index is 0.310. The van der Waals surface area contributed by atoms with Gasteiger partial charge in [-0.25, -0.2) is 0 Å². The second-order valence-corrected chi connectivity index (χ2v) is 6.33. The molecule has 3 nitrogen and oxygen atoms in total. The summed E-state index contributed by atoms with van der Waals surface area (Å²) >= 11 is 0. The van der Waals surface area contributed by atoms with Crippen LogP contribution in [0.15, 0.2) is 0 Å². The van der Waals surface area contributed by atoms with Crippen molar-refractivity contribution in [3.63, 3.8) is 0 Å². The lowest BCUT2D eigenvalue weighted by molar-refractivity contribution is -0.126. The summed E-state index contributed by atoms with van der Waals surface area (Å²) < 4.78 is 5.41. The fourth-order valence-electron chi connectivity index (χ4n) is 3.69. The first-order chi connectivity index (χ1) is 9.22. The van der Waals surface area contributed by atoms with Crippen LogP contribution < -0.4 is 0 Å². The van der Waals surface area contributed by atoms with Crippen molar-refractivity contribution < 1.29 is 9.53 Å². The third-order valence-electron chi connectivity index (χ3n) is 4.92. The van der Waals surface area contributed by atoms with E-state index < -0.39 is 0 Å². The van der Waals surface area contributed by atoms with E-state index in [4.69, 9.17) is 4.74 Å². The van der Waals surface area contributed by atoms with Gasteiger partial charge in [0.25, 0.3) is 0 Å². The molecule has 0 bridgehead atoms. The largest absolute Gasteiger partial charge is 0.381 e. The van der Waals surface area contributed by atoms with Crippen LogP contribution in [-0.4, -0.2) is 43.5 Å². The van der Waals surface area contributed by atoms with Gasteiger partial charge in [0.15, 0.2) is 0 Å². The van der Waals surface area contributed by atoms with Crippen molar-refractivity contribution in [1.82, 2.24) is 4.90 Å². The van der Waals surface area contributed by atoms with Gasteiger partial charge in [-0.2, -0.15) is 0 Å². The van der Waals surface area contributed by atoms with E-state index in [2.05, 4.69) is 11.8 Å². The van der Waals surface area contributed by atoms with Crippen molar-refractivity contribution in [2.24, 2.45) is 11.8 Å². The molecule has 2 atom stereocenters. The maximum absolute atomic E-state index is 12.1. The number of ether oxygens (including phenoxy) is 1. The molecule has 0 spiro atoms. The van der Waals surface area contributed by atoms with Gasteiger partial charge in [0.1, 0.15) is 5.78 Å². The molecule has 1 heterocycles. The number of piperidine rings is 1. The van der Waals surface area contributed by atoms with Crippen LogP contribution in [-0.2, 0) is 9.53 Å². The Kier molecular flexibility index (Phi) is 5.83. The average Bonchev–Trinajstić information content (AvgIpc) is 2.44. The van der Waals surface area contributed by atoms with E-state index in [1.165, 1.54) is 12.8 Å². The number of ketones is 1. The molecule has 19 heavy (non-hydrogen) atoms. The number of nitrogens with zero attached hydrogens (tertiary/aromatic N) is 1. The minimum absolute atomic E-state index is 0.310. The molecule has 0 aromatic rings. The molecular formula is C16H29NO2. The van der Waals surface area contributed by atoms with Crippen molar-refractivity contribution in [3.8, 4) is 0 Å². The van der Waals surface area contributed by atoms with Crippen LogP contribution in [0.5, 0.6) is 0 Å². The van der Waals surface area contributed by atoms with E-state index in [1.54, 1.807) is 7.11 Å². The lowest BCUT2D eigenvalue weighted by Gasteiger charge is -2.36. The molecule has 2 fully saturated rings. The molecule has 0 radical (unpaired) electrons. The summed E-state index contributed by atoms with van der Waals surface area (Å²) in [5.74, 6) is 1.62. The Balaban J connectivity index is 1.79. The molecule has 1 aliphatic heterocycles. The zero-order chi connectivity index (χ0) is 13.7. The number of hydrogen-bond donors (Lipinski definition) is 0. The third-order valence-corrected chi connectivity index (χ3v) is 4.92. The van der Waals surface area contributed by atoms with Crippen LogP contribution in [0.1, 0.15) is 51.9 Å². The van der Waals surface area contributed by atoms with Gasteiger partial charge >= 0.3 is 0 Å². The first kappa shape index (κ1) is 15.0. The second kappa shape index (κ2) is 7.39. The molecule has 1 aliphatic carbocycles. The van der Waals surface area contributed by atoms with Gasteiger partial charge in [0.05, 0.1) is 6.10 Å². The number of carbonyl (C=O) groups excluding carboxylic acids is 1. The summed E-state index contributed by atoms with van der Waals surface area (Å²) in [6.45, 7) is 5.44. The van der Waals surface area contributed by atoms with E-state index in [9.17, 15) is 4.79 Å². The van der Waals surface area contributed by atoms with Crippen molar-refractivity contribution >= 4 is 5.78 Å². The number of hydrogen-bond acceptors (Lipinski definition) is 3. The Morgan fingerprint density at radius 2 is 2.00 bits per heavy atom. The fourth-order valence-corrected chi connectivity index (χ4v) is 3.69. The normalized spacial score (nSPS) is 30.7. The van der Waals surface area contributed by atoms with Crippen molar-refractivity contribution in [2.75, 3.05) is 26.7 Å². The molecule has 0 N–H and O–H groups in total. The molecule has 3 heteroatoms.